The lowest BCUT2D eigenvalue weighted by molar-refractivity contribution is 0.100. The van der Waals surface area contributed by atoms with Gasteiger partial charge in [-0.05, 0) is 23.6 Å². The maximum atomic E-state index is 11.6. The van der Waals surface area contributed by atoms with Gasteiger partial charge in [0.05, 0.1) is 5.69 Å². The van der Waals surface area contributed by atoms with E-state index < -0.39 is 5.91 Å². The zero-order valence-corrected chi connectivity index (χ0v) is 14.0. The molecule has 0 saturated carbocycles. The van der Waals surface area contributed by atoms with Crippen molar-refractivity contribution in [2.75, 3.05) is 11.9 Å². The molecule has 1 unspecified atom stereocenters. The summed E-state index contributed by atoms with van der Waals surface area (Å²) in [6, 6.07) is 19.2. The highest BCUT2D eigenvalue weighted by Gasteiger charge is 2.11. The Labute approximate surface area is 146 Å². The Morgan fingerprint density at radius 2 is 1.80 bits per heavy atom. The largest absolute Gasteiger partial charge is 0.366 e. The van der Waals surface area contributed by atoms with Gasteiger partial charge in [0.1, 0.15) is 0 Å². The zero-order valence-electron chi connectivity index (χ0n) is 14.0. The van der Waals surface area contributed by atoms with E-state index in [0.717, 1.165) is 0 Å². The molecule has 2 aromatic carbocycles. The van der Waals surface area contributed by atoms with Crippen molar-refractivity contribution in [2.45, 2.75) is 12.8 Å². The van der Waals surface area contributed by atoms with E-state index in [4.69, 9.17) is 5.73 Å². The smallest absolute Gasteiger partial charge is 0.249 e. The highest BCUT2D eigenvalue weighted by atomic mass is 16.1. The lowest BCUT2D eigenvalue weighted by Gasteiger charge is -2.13. The van der Waals surface area contributed by atoms with Crippen LogP contribution in [0.3, 0.4) is 0 Å². The molecule has 1 aromatic heterocycles. The number of amides is 1. The van der Waals surface area contributed by atoms with Gasteiger partial charge in [-0.15, -0.1) is 0 Å². The number of nitrogens with one attached hydrogen (secondary N) is 1. The standard InChI is InChI=1S/C20H20N4O/c1-14(15-7-3-2-4-8-15)13-23-20-22-12-11-18(24-20)16-9-5-6-10-17(16)19(21)25/h2-12,14H,13H2,1H3,(H2,21,25)(H,22,23,24). The van der Waals surface area contributed by atoms with Crippen LogP contribution >= 0.6 is 0 Å². The molecule has 0 fully saturated rings. The molecule has 0 spiro atoms. The van der Waals surface area contributed by atoms with E-state index in [2.05, 4.69) is 34.3 Å². The lowest BCUT2D eigenvalue weighted by Crippen LogP contribution is -2.14. The molecular weight excluding hydrogens is 312 g/mol. The van der Waals surface area contributed by atoms with Crippen LogP contribution < -0.4 is 11.1 Å². The van der Waals surface area contributed by atoms with Gasteiger partial charge >= 0.3 is 0 Å². The van der Waals surface area contributed by atoms with Gasteiger partial charge in [0.15, 0.2) is 0 Å². The summed E-state index contributed by atoms with van der Waals surface area (Å²) in [6.45, 7) is 2.86. The molecule has 3 rings (SSSR count). The molecule has 3 N–H and O–H groups in total. The first kappa shape index (κ1) is 16.6. The minimum Gasteiger partial charge on any atom is -0.366 e. The number of nitrogens with zero attached hydrogens (tertiary/aromatic N) is 2. The highest BCUT2D eigenvalue weighted by Crippen LogP contribution is 2.22. The molecule has 0 aliphatic heterocycles. The molecule has 0 aliphatic carbocycles. The van der Waals surface area contributed by atoms with E-state index in [-0.39, 0.29) is 0 Å². The van der Waals surface area contributed by atoms with Crippen molar-refractivity contribution in [1.29, 1.82) is 0 Å². The van der Waals surface area contributed by atoms with Crippen molar-refractivity contribution in [1.82, 2.24) is 9.97 Å². The lowest BCUT2D eigenvalue weighted by atomic mass is 10.0. The second-order valence-corrected chi connectivity index (χ2v) is 5.87. The van der Waals surface area contributed by atoms with Crippen molar-refractivity contribution in [3.8, 4) is 11.3 Å². The van der Waals surface area contributed by atoms with Gasteiger partial charge in [0.2, 0.25) is 11.9 Å². The third-order valence-corrected chi connectivity index (χ3v) is 4.06. The Morgan fingerprint density at radius 3 is 2.56 bits per heavy atom. The van der Waals surface area contributed by atoms with Crippen LogP contribution in [0, 0.1) is 0 Å². The van der Waals surface area contributed by atoms with Crippen LogP contribution in [-0.4, -0.2) is 22.4 Å². The number of anilines is 1. The fourth-order valence-corrected chi connectivity index (χ4v) is 2.66. The molecular formula is C20H20N4O. The summed E-state index contributed by atoms with van der Waals surface area (Å²) in [7, 11) is 0. The molecule has 0 aliphatic rings. The number of carbonyl (C=O) groups is 1. The number of nitrogens with two attached hydrogens (primary N) is 1. The van der Waals surface area contributed by atoms with E-state index in [1.807, 2.05) is 30.3 Å². The molecule has 0 radical (unpaired) electrons. The fraction of sp³-hybridized carbons (Fsp3) is 0.150. The molecule has 25 heavy (non-hydrogen) atoms. The minimum atomic E-state index is -0.471. The first-order valence-corrected chi connectivity index (χ1v) is 8.16. The molecule has 5 heteroatoms. The van der Waals surface area contributed by atoms with Gasteiger partial charge in [-0.1, -0.05) is 55.5 Å². The van der Waals surface area contributed by atoms with E-state index in [0.29, 0.717) is 35.2 Å². The van der Waals surface area contributed by atoms with Crippen molar-refractivity contribution >= 4 is 11.9 Å². The van der Waals surface area contributed by atoms with Crippen LogP contribution in [0.15, 0.2) is 66.9 Å². The second-order valence-electron chi connectivity index (χ2n) is 5.87. The second kappa shape index (κ2) is 7.57. The summed E-state index contributed by atoms with van der Waals surface area (Å²) in [5.41, 5.74) is 8.53. The van der Waals surface area contributed by atoms with Gasteiger partial charge in [-0.25, -0.2) is 9.97 Å². The first-order chi connectivity index (χ1) is 12.1. The maximum absolute atomic E-state index is 11.6. The monoisotopic (exact) mass is 332 g/mol. The maximum Gasteiger partial charge on any atom is 0.249 e. The van der Waals surface area contributed by atoms with E-state index >= 15 is 0 Å². The molecule has 0 bridgehead atoms. The average Bonchev–Trinajstić information content (AvgIpc) is 2.67. The van der Waals surface area contributed by atoms with E-state index in [9.17, 15) is 4.79 Å². The summed E-state index contributed by atoms with van der Waals surface area (Å²) >= 11 is 0. The topological polar surface area (TPSA) is 80.9 Å². The number of hydrogen-bond acceptors (Lipinski definition) is 4. The summed E-state index contributed by atoms with van der Waals surface area (Å²) in [5, 5.41) is 3.26. The van der Waals surface area contributed by atoms with Crippen molar-refractivity contribution in [3.63, 3.8) is 0 Å². The van der Waals surface area contributed by atoms with Gasteiger partial charge < -0.3 is 11.1 Å². The normalized spacial score (nSPS) is 11.7. The van der Waals surface area contributed by atoms with Crippen LogP contribution in [0.4, 0.5) is 5.95 Å². The van der Waals surface area contributed by atoms with Crippen molar-refractivity contribution in [3.05, 3.63) is 78.0 Å². The summed E-state index contributed by atoms with van der Waals surface area (Å²) in [4.78, 5) is 20.4. The molecule has 5 nitrogen and oxygen atoms in total. The summed E-state index contributed by atoms with van der Waals surface area (Å²) in [5.74, 6) is 0.382. The van der Waals surface area contributed by atoms with Crippen LogP contribution in [0.1, 0.15) is 28.8 Å². The van der Waals surface area contributed by atoms with Gasteiger partial charge in [0.25, 0.3) is 0 Å². The summed E-state index contributed by atoms with van der Waals surface area (Å²) < 4.78 is 0. The number of benzene rings is 2. The average molecular weight is 332 g/mol. The predicted molar refractivity (Wildman–Crippen MR) is 99.3 cm³/mol. The van der Waals surface area contributed by atoms with Crippen LogP contribution in [0.2, 0.25) is 0 Å². The summed E-state index contributed by atoms with van der Waals surface area (Å²) in [6.07, 6.45) is 1.68. The van der Waals surface area contributed by atoms with Crippen LogP contribution in [0.25, 0.3) is 11.3 Å². The predicted octanol–water partition coefficient (Wildman–Crippen LogP) is 3.46. The quantitative estimate of drug-likeness (QED) is 0.724. The number of rotatable bonds is 6. The molecule has 1 heterocycles. The molecule has 3 aromatic rings. The van der Waals surface area contributed by atoms with Gasteiger partial charge in [0, 0.05) is 23.9 Å². The number of hydrogen-bond donors (Lipinski definition) is 2. The Hall–Kier alpha value is -3.21. The molecule has 126 valence electrons. The van der Waals surface area contributed by atoms with E-state index in [1.165, 1.54) is 5.56 Å². The minimum absolute atomic E-state index is 0.325. The Bertz CT molecular complexity index is 864. The Balaban J connectivity index is 1.77. The molecule has 0 saturated heterocycles. The van der Waals surface area contributed by atoms with Crippen LogP contribution in [0.5, 0.6) is 0 Å². The van der Waals surface area contributed by atoms with Crippen molar-refractivity contribution in [2.24, 2.45) is 5.73 Å². The zero-order chi connectivity index (χ0) is 17.6. The van der Waals surface area contributed by atoms with Gasteiger partial charge in [-0.2, -0.15) is 0 Å². The third kappa shape index (κ3) is 4.01. The van der Waals surface area contributed by atoms with Crippen LogP contribution in [-0.2, 0) is 0 Å². The fourth-order valence-electron chi connectivity index (χ4n) is 2.66. The number of carbonyl (C=O) groups excluding carboxylic acids is 1. The first-order valence-electron chi connectivity index (χ1n) is 8.16. The van der Waals surface area contributed by atoms with Gasteiger partial charge in [-0.3, -0.25) is 4.79 Å². The highest BCUT2D eigenvalue weighted by molar-refractivity contribution is 5.99. The number of primary amides is 1. The Kier molecular flexibility index (Phi) is 5.04. The van der Waals surface area contributed by atoms with E-state index in [1.54, 1.807) is 24.4 Å². The van der Waals surface area contributed by atoms with Crippen molar-refractivity contribution < 1.29 is 4.79 Å². The number of aromatic nitrogens is 2. The Morgan fingerprint density at radius 1 is 1.08 bits per heavy atom. The SMILES string of the molecule is CC(CNc1nccc(-c2ccccc2C(N)=O)n1)c1ccccc1. The molecule has 1 atom stereocenters. The molecule has 1 amide bonds. The third-order valence-electron chi connectivity index (χ3n) is 4.06.